The smallest absolute Gasteiger partial charge is 0.307 e. The molecule has 0 bridgehead atoms. The number of nitrogens with two attached hydrogens (primary N) is 1. The van der Waals surface area contributed by atoms with Gasteiger partial charge in [0, 0.05) is 18.8 Å². The number of aliphatic carboxylic acids is 1. The molecule has 0 atom stereocenters. The molecule has 0 fully saturated rings. The van der Waals surface area contributed by atoms with Crippen LogP contribution in [0.5, 0.6) is 0 Å². The lowest BCUT2D eigenvalue weighted by molar-refractivity contribution is -0.136. The molecule has 1 aromatic rings. The molecule has 1 aromatic carbocycles. The van der Waals surface area contributed by atoms with Gasteiger partial charge in [-0.25, -0.2) is 0 Å². The van der Waals surface area contributed by atoms with Crippen LogP contribution in [0.25, 0.3) is 0 Å². The van der Waals surface area contributed by atoms with E-state index in [0.717, 1.165) is 0 Å². The minimum Gasteiger partial charge on any atom is -0.481 e. The summed E-state index contributed by atoms with van der Waals surface area (Å²) in [5.74, 6) is -0.937. The number of hydrogen-bond acceptors (Lipinski definition) is 4. The van der Waals surface area contributed by atoms with Gasteiger partial charge < -0.3 is 10.8 Å². The molecule has 0 amide bonds. The topological polar surface area (TPSA) is 122 Å². The van der Waals surface area contributed by atoms with E-state index >= 15 is 0 Å². The first kappa shape index (κ1) is 14.4. The van der Waals surface area contributed by atoms with Gasteiger partial charge in [0.2, 0.25) is 0 Å². The van der Waals surface area contributed by atoms with E-state index in [0.29, 0.717) is 11.3 Å². The molecule has 0 aliphatic heterocycles. The summed E-state index contributed by atoms with van der Waals surface area (Å²) in [5.41, 5.74) is 6.14. The Morgan fingerprint density at radius 1 is 1.28 bits per heavy atom. The van der Waals surface area contributed by atoms with Crippen molar-refractivity contribution < 1.29 is 18.3 Å². The third-order valence-corrected chi connectivity index (χ3v) is 3.09. The molecular formula is C10H15N3O4S. The number of carbonyl (C=O) groups is 1. The number of carboxylic acid groups (broad SMARTS) is 1. The predicted octanol–water partition coefficient (Wildman–Crippen LogP) is -0.481. The van der Waals surface area contributed by atoms with Gasteiger partial charge in [0.05, 0.1) is 6.42 Å². The summed E-state index contributed by atoms with van der Waals surface area (Å²) in [6.45, 7) is 0.352. The van der Waals surface area contributed by atoms with Crippen molar-refractivity contribution in [2.75, 3.05) is 17.8 Å². The monoisotopic (exact) mass is 273 g/mol. The number of rotatable bonds is 7. The van der Waals surface area contributed by atoms with E-state index in [-0.39, 0.29) is 19.5 Å². The molecule has 5 N–H and O–H groups in total. The highest BCUT2D eigenvalue weighted by Crippen LogP contribution is 2.11. The van der Waals surface area contributed by atoms with Crippen molar-refractivity contribution in [1.82, 2.24) is 4.72 Å². The molecule has 0 unspecified atom stereocenters. The Kier molecular flexibility index (Phi) is 5.08. The number of hydrogen-bond donors (Lipinski definition) is 4. The van der Waals surface area contributed by atoms with E-state index < -0.39 is 16.2 Å². The molecule has 0 heterocycles. The Hall–Kier alpha value is -1.64. The summed E-state index contributed by atoms with van der Waals surface area (Å²) in [4.78, 5) is 10.5. The second-order valence-electron chi connectivity index (χ2n) is 3.56. The molecule has 0 spiro atoms. The largest absolute Gasteiger partial charge is 0.481 e. The second kappa shape index (κ2) is 6.34. The van der Waals surface area contributed by atoms with Crippen molar-refractivity contribution in [3.8, 4) is 0 Å². The molecule has 0 aliphatic rings. The molecule has 0 aliphatic carbocycles. The fourth-order valence-electron chi connectivity index (χ4n) is 1.25. The van der Waals surface area contributed by atoms with Crippen molar-refractivity contribution in [3.63, 3.8) is 0 Å². The second-order valence-corrected chi connectivity index (χ2v) is 5.06. The van der Waals surface area contributed by atoms with Crippen molar-refractivity contribution in [2.24, 2.45) is 5.73 Å². The molecule has 18 heavy (non-hydrogen) atoms. The molecule has 100 valence electrons. The lowest BCUT2D eigenvalue weighted by Gasteiger charge is -2.08. The molecule has 7 nitrogen and oxygen atoms in total. The molecule has 0 saturated heterocycles. The van der Waals surface area contributed by atoms with Gasteiger partial charge in [0.15, 0.2) is 0 Å². The fourth-order valence-corrected chi connectivity index (χ4v) is 2.15. The van der Waals surface area contributed by atoms with Gasteiger partial charge in [-0.05, 0) is 17.7 Å². The Morgan fingerprint density at radius 3 is 2.39 bits per heavy atom. The van der Waals surface area contributed by atoms with Crippen LogP contribution in [-0.2, 0) is 21.4 Å². The Bertz CT molecular complexity index is 498. The van der Waals surface area contributed by atoms with Crippen LogP contribution in [-0.4, -0.2) is 32.6 Å². The third-order valence-electron chi connectivity index (χ3n) is 2.00. The zero-order valence-corrected chi connectivity index (χ0v) is 10.4. The molecule has 0 saturated carbocycles. The summed E-state index contributed by atoms with van der Waals surface area (Å²) in [5, 5.41) is 8.59. The summed E-state index contributed by atoms with van der Waals surface area (Å²) < 4.78 is 27.4. The van der Waals surface area contributed by atoms with Crippen LogP contribution in [0.3, 0.4) is 0 Å². The maximum atomic E-state index is 11.4. The summed E-state index contributed by atoms with van der Waals surface area (Å²) in [6, 6.07) is 6.10. The normalized spacial score (nSPS) is 11.2. The van der Waals surface area contributed by atoms with Gasteiger partial charge in [-0.15, -0.1) is 0 Å². The number of anilines is 1. The zero-order chi connectivity index (χ0) is 13.6. The number of carboxylic acids is 1. The van der Waals surface area contributed by atoms with Crippen LogP contribution in [0.15, 0.2) is 24.3 Å². The van der Waals surface area contributed by atoms with E-state index in [1.807, 2.05) is 0 Å². The first-order valence-electron chi connectivity index (χ1n) is 5.21. The Morgan fingerprint density at radius 2 is 1.89 bits per heavy atom. The predicted molar refractivity (Wildman–Crippen MR) is 67.4 cm³/mol. The van der Waals surface area contributed by atoms with Gasteiger partial charge >= 0.3 is 5.97 Å². The van der Waals surface area contributed by atoms with Crippen LogP contribution in [0.4, 0.5) is 5.69 Å². The molecule has 0 aromatic heterocycles. The van der Waals surface area contributed by atoms with Gasteiger partial charge in [-0.1, -0.05) is 12.1 Å². The van der Waals surface area contributed by atoms with Crippen molar-refractivity contribution in [3.05, 3.63) is 29.8 Å². The summed E-state index contributed by atoms with van der Waals surface area (Å²) in [6.07, 6.45) is -0.0988. The summed E-state index contributed by atoms with van der Waals surface area (Å²) >= 11 is 0. The van der Waals surface area contributed by atoms with Gasteiger partial charge in [-0.3, -0.25) is 9.52 Å². The first-order chi connectivity index (χ1) is 8.43. The third kappa shape index (κ3) is 5.13. The van der Waals surface area contributed by atoms with Crippen molar-refractivity contribution in [2.45, 2.75) is 6.42 Å². The number of benzene rings is 1. The standard InChI is InChI=1S/C10H15N3O4S/c11-5-6-12-18(16,17)13-9-3-1-8(2-4-9)7-10(14)15/h1-4,12-13H,5-7,11H2,(H,14,15). The van der Waals surface area contributed by atoms with E-state index in [4.69, 9.17) is 10.8 Å². The molecule has 1 rings (SSSR count). The quantitative estimate of drug-likeness (QED) is 0.534. The van der Waals surface area contributed by atoms with Crippen molar-refractivity contribution in [1.29, 1.82) is 0 Å². The SMILES string of the molecule is NCCNS(=O)(=O)Nc1ccc(CC(=O)O)cc1. The molecule has 8 heteroatoms. The van der Waals surface area contributed by atoms with E-state index in [1.165, 1.54) is 12.1 Å². The Balaban J connectivity index is 2.66. The van der Waals surface area contributed by atoms with Crippen LogP contribution in [0, 0.1) is 0 Å². The molecule has 0 radical (unpaired) electrons. The maximum Gasteiger partial charge on any atom is 0.307 e. The number of nitrogens with one attached hydrogen (secondary N) is 2. The van der Waals surface area contributed by atoms with Gasteiger partial charge in [0.25, 0.3) is 10.2 Å². The molecular weight excluding hydrogens is 258 g/mol. The fraction of sp³-hybridized carbons (Fsp3) is 0.300. The van der Waals surface area contributed by atoms with Crippen LogP contribution in [0.1, 0.15) is 5.56 Å². The minimum absolute atomic E-state index is 0.0988. The highest BCUT2D eigenvalue weighted by atomic mass is 32.2. The highest BCUT2D eigenvalue weighted by Gasteiger charge is 2.08. The van der Waals surface area contributed by atoms with Crippen LogP contribution in [0.2, 0.25) is 0 Å². The zero-order valence-electron chi connectivity index (χ0n) is 9.59. The highest BCUT2D eigenvalue weighted by molar-refractivity contribution is 7.90. The van der Waals surface area contributed by atoms with E-state index in [2.05, 4.69) is 9.44 Å². The summed E-state index contributed by atoms with van der Waals surface area (Å²) in [7, 11) is -3.63. The van der Waals surface area contributed by atoms with Crippen molar-refractivity contribution >= 4 is 21.9 Å². The maximum absolute atomic E-state index is 11.4. The Labute approximate surface area is 105 Å². The van der Waals surface area contributed by atoms with Crippen LogP contribution < -0.4 is 15.2 Å². The lowest BCUT2D eigenvalue weighted by Crippen LogP contribution is -2.33. The lowest BCUT2D eigenvalue weighted by atomic mass is 10.1. The first-order valence-corrected chi connectivity index (χ1v) is 6.69. The van der Waals surface area contributed by atoms with Gasteiger partial charge in [-0.2, -0.15) is 13.1 Å². The van der Waals surface area contributed by atoms with E-state index in [9.17, 15) is 13.2 Å². The van der Waals surface area contributed by atoms with Gasteiger partial charge in [0.1, 0.15) is 0 Å². The minimum atomic E-state index is -3.63. The average molecular weight is 273 g/mol. The van der Waals surface area contributed by atoms with Crippen LogP contribution >= 0.6 is 0 Å². The van der Waals surface area contributed by atoms with E-state index in [1.54, 1.807) is 12.1 Å². The average Bonchev–Trinajstić information content (AvgIpc) is 2.28.